The molecule has 1 saturated heterocycles. The number of hydrogen-bond donors (Lipinski definition) is 0. The number of piperazine rings is 1. The third-order valence-corrected chi connectivity index (χ3v) is 5.47. The van der Waals surface area contributed by atoms with Gasteiger partial charge >= 0.3 is 6.09 Å². The van der Waals surface area contributed by atoms with Gasteiger partial charge in [0, 0.05) is 42.7 Å². The average molecular weight is 461 g/mol. The van der Waals surface area contributed by atoms with E-state index >= 15 is 4.39 Å². The number of fused-ring (bicyclic) bond motifs is 1. The van der Waals surface area contributed by atoms with Gasteiger partial charge < -0.3 is 14.5 Å². The van der Waals surface area contributed by atoms with Crippen molar-refractivity contribution in [2.75, 3.05) is 31.1 Å². The molecule has 6 nitrogen and oxygen atoms in total. The molecule has 1 aromatic heterocycles. The maximum atomic E-state index is 15.4. The Kier molecular flexibility index (Phi) is 5.90. The number of amides is 1. The number of nitrogens with zero attached hydrogens (tertiary/aromatic N) is 4. The zero-order valence-electron chi connectivity index (χ0n) is 18.0. The molecule has 0 atom stereocenters. The van der Waals surface area contributed by atoms with E-state index in [-0.39, 0.29) is 27.8 Å². The highest BCUT2D eigenvalue weighted by Gasteiger charge is 2.28. The zero-order valence-corrected chi connectivity index (χ0v) is 18.8. The molecule has 168 valence electrons. The first-order valence-corrected chi connectivity index (χ1v) is 10.6. The van der Waals surface area contributed by atoms with Crippen molar-refractivity contribution in [3.8, 4) is 11.1 Å². The van der Waals surface area contributed by atoms with Gasteiger partial charge in [-0.1, -0.05) is 29.8 Å². The Hall–Kier alpha value is -3.00. The Balaban J connectivity index is 1.64. The van der Waals surface area contributed by atoms with E-state index in [0.717, 1.165) is 0 Å². The van der Waals surface area contributed by atoms with Crippen LogP contribution in [-0.2, 0) is 4.74 Å². The highest BCUT2D eigenvalue weighted by molar-refractivity contribution is 6.34. The number of carbonyl (C=O) groups excluding carboxylic acids is 1. The van der Waals surface area contributed by atoms with Crippen molar-refractivity contribution in [2.45, 2.75) is 26.4 Å². The van der Waals surface area contributed by atoms with Crippen LogP contribution in [0.3, 0.4) is 0 Å². The highest BCUT2D eigenvalue weighted by Crippen LogP contribution is 2.38. The summed E-state index contributed by atoms with van der Waals surface area (Å²) < 4.78 is 35.2. The summed E-state index contributed by atoms with van der Waals surface area (Å²) in [6.45, 7) is 7.30. The van der Waals surface area contributed by atoms with Gasteiger partial charge in [-0.3, -0.25) is 0 Å². The van der Waals surface area contributed by atoms with E-state index in [1.165, 1.54) is 24.5 Å². The van der Waals surface area contributed by atoms with Crippen LogP contribution < -0.4 is 4.90 Å². The molecule has 0 aliphatic carbocycles. The van der Waals surface area contributed by atoms with Gasteiger partial charge in [0.15, 0.2) is 5.82 Å². The largest absolute Gasteiger partial charge is 0.444 e. The number of aromatic nitrogens is 2. The van der Waals surface area contributed by atoms with Crippen LogP contribution in [0.4, 0.5) is 19.4 Å². The summed E-state index contributed by atoms with van der Waals surface area (Å²) in [4.78, 5) is 24.3. The lowest BCUT2D eigenvalue weighted by molar-refractivity contribution is 0.0240. The smallest absolute Gasteiger partial charge is 0.410 e. The number of benzene rings is 2. The number of carbonyl (C=O) groups is 1. The molecule has 1 fully saturated rings. The third-order valence-electron chi connectivity index (χ3n) is 5.17. The SMILES string of the molecule is CC(C)(C)OC(=O)N1CCN(c2ncnc3c(F)c(-c4ccccc4F)c(Cl)cc23)CC1. The Labute approximate surface area is 189 Å². The highest BCUT2D eigenvalue weighted by atomic mass is 35.5. The topological polar surface area (TPSA) is 58.6 Å². The predicted molar refractivity (Wildman–Crippen MR) is 120 cm³/mol. The fourth-order valence-corrected chi connectivity index (χ4v) is 4.00. The fraction of sp³-hybridized carbons (Fsp3) is 0.348. The van der Waals surface area contributed by atoms with Gasteiger partial charge in [-0.05, 0) is 32.9 Å². The van der Waals surface area contributed by atoms with Crippen molar-refractivity contribution in [1.29, 1.82) is 0 Å². The Morgan fingerprint density at radius 1 is 1.09 bits per heavy atom. The summed E-state index contributed by atoms with van der Waals surface area (Å²) in [6.07, 6.45) is 0.910. The van der Waals surface area contributed by atoms with E-state index in [1.54, 1.807) is 17.0 Å². The molecule has 1 aliphatic heterocycles. The van der Waals surface area contributed by atoms with Crippen LogP contribution in [0, 0.1) is 11.6 Å². The van der Waals surface area contributed by atoms with Crippen molar-refractivity contribution in [3.05, 3.63) is 53.3 Å². The second kappa shape index (κ2) is 8.50. The molecule has 2 heterocycles. The third kappa shape index (κ3) is 4.32. The molecule has 0 bridgehead atoms. The summed E-state index contributed by atoms with van der Waals surface area (Å²) in [5.41, 5.74) is -0.465. The van der Waals surface area contributed by atoms with Gasteiger partial charge in [0.25, 0.3) is 0 Å². The predicted octanol–water partition coefficient (Wildman–Crippen LogP) is 5.29. The second-order valence-corrected chi connectivity index (χ2v) is 8.98. The van der Waals surface area contributed by atoms with Crippen molar-refractivity contribution < 1.29 is 18.3 Å². The molecule has 1 aliphatic rings. The van der Waals surface area contributed by atoms with Crippen molar-refractivity contribution in [2.24, 2.45) is 0 Å². The molecule has 0 saturated carbocycles. The number of rotatable bonds is 2. The molecule has 0 unspecified atom stereocenters. The van der Waals surface area contributed by atoms with Crippen LogP contribution in [-0.4, -0.2) is 52.7 Å². The first kappa shape index (κ1) is 22.2. The minimum Gasteiger partial charge on any atom is -0.444 e. The van der Waals surface area contributed by atoms with Gasteiger partial charge in [0.1, 0.15) is 29.1 Å². The standard InChI is InChI=1S/C23H23ClF2N4O2/c1-23(2,3)32-22(31)30-10-8-29(9-11-30)21-15-12-16(24)18(14-6-4-5-7-17(14)25)19(26)20(15)27-13-28-21/h4-7,12-13H,8-11H2,1-3H3. The van der Waals surface area contributed by atoms with Crippen LogP contribution in [0.15, 0.2) is 36.7 Å². The van der Waals surface area contributed by atoms with E-state index < -0.39 is 17.2 Å². The van der Waals surface area contributed by atoms with Crippen molar-refractivity contribution >= 4 is 34.4 Å². The molecule has 3 aromatic rings. The minimum atomic E-state index is -0.700. The molecule has 32 heavy (non-hydrogen) atoms. The van der Waals surface area contributed by atoms with Crippen molar-refractivity contribution in [3.63, 3.8) is 0 Å². The summed E-state index contributed by atoms with van der Waals surface area (Å²) in [7, 11) is 0. The summed E-state index contributed by atoms with van der Waals surface area (Å²) in [6, 6.07) is 7.45. The maximum Gasteiger partial charge on any atom is 0.410 e. The monoisotopic (exact) mass is 460 g/mol. The van der Waals surface area contributed by atoms with Gasteiger partial charge in [0.2, 0.25) is 0 Å². The number of ether oxygens (including phenoxy) is 1. The molecular formula is C23H23ClF2N4O2. The second-order valence-electron chi connectivity index (χ2n) is 8.58. The number of anilines is 1. The molecule has 4 rings (SSSR count). The lowest BCUT2D eigenvalue weighted by atomic mass is 10.0. The number of halogens is 3. The van der Waals surface area contributed by atoms with Gasteiger partial charge in [-0.25, -0.2) is 23.5 Å². The van der Waals surface area contributed by atoms with E-state index in [2.05, 4.69) is 9.97 Å². The molecule has 0 N–H and O–H groups in total. The number of hydrogen-bond acceptors (Lipinski definition) is 5. The molecule has 9 heteroatoms. The Bertz CT molecular complexity index is 1170. The molecule has 0 radical (unpaired) electrons. The first-order valence-electron chi connectivity index (χ1n) is 10.3. The lowest BCUT2D eigenvalue weighted by Gasteiger charge is -2.36. The molecule has 1 amide bonds. The van der Waals surface area contributed by atoms with Crippen LogP contribution in [0.25, 0.3) is 22.0 Å². The summed E-state index contributed by atoms with van der Waals surface area (Å²) >= 11 is 6.40. The average Bonchev–Trinajstić information content (AvgIpc) is 2.74. The first-order chi connectivity index (χ1) is 15.2. The van der Waals surface area contributed by atoms with E-state index in [9.17, 15) is 9.18 Å². The minimum absolute atomic E-state index is 0.0309. The maximum absolute atomic E-state index is 15.4. The summed E-state index contributed by atoms with van der Waals surface area (Å²) in [5.74, 6) is -0.756. The fourth-order valence-electron chi connectivity index (χ4n) is 3.71. The van der Waals surface area contributed by atoms with Gasteiger partial charge in [-0.15, -0.1) is 0 Å². The molecule has 2 aromatic carbocycles. The Morgan fingerprint density at radius 2 is 1.78 bits per heavy atom. The molecule has 0 spiro atoms. The summed E-state index contributed by atoms with van der Waals surface area (Å²) in [5, 5.41) is 0.504. The quantitative estimate of drug-likeness (QED) is 0.520. The van der Waals surface area contributed by atoms with Crippen molar-refractivity contribution in [1.82, 2.24) is 14.9 Å². The normalized spacial score (nSPS) is 14.7. The van der Waals surface area contributed by atoms with E-state index in [4.69, 9.17) is 16.3 Å². The van der Waals surface area contributed by atoms with Crippen LogP contribution in [0.5, 0.6) is 0 Å². The van der Waals surface area contributed by atoms with Crippen LogP contribution in [0.1, 0.15) is 20.8 Å². The van der Waals surface area contributed by atoms with E-state index in [0.29, 0.717) is 37.4 Å². The van der Waals surface area contributed by atoms with Crippen LogP contribution >= 0.6 is 11.6 Å². The Morgan fingerprint density at radius 3 is 2.44 bits per heavy atom. The van der Waals surface area contributed by atoms with Gasteiger partial charge in [-0.2, -0.15) is 0 Å². The zero-order chi connectivity index (χ0) is 23.0. The molecular weight excluding hydrogens is 438 g/mol. The van der Waals surface area contributed by atoms with Gasteiger partial charge in [0.05, 0.1) is 5.02 Å². The van der Waals surface area contributed by atoms with Crippen LogP contribution in [0.2, 0.25) is 5.02 Å². The van der Waals surface area contributed by atoms with E-state index in [1.807, 2.05) is 25.7 Å². The lowest BCUT2D eigenvalue weighted by Crippen LogP contribution is -2.50.